The van der Waals surface area contributed by atoms with E-state index in [-0.39, 0.29) is 17.7 Å². The molecule has 0 spiro atoms. The normalized spacial score (nSPS) is 14.4. The van der Waals surface area contributed by atoms with Crippen LogP contribution in [0.15, 0.2) is 84.9 Å². The van der Waals surface area contributed by atoms with Gasteiger partial charge in [0, 0.05) is 31.7 Å². The zero-order chi connectivity index (χ0) is 21.6. The molecule has 0 unspecified atom stereocenters. The minimum absolute atomic E-state index is 0.0423. The van der Waals surface area contributed by atoms with Gasteiger partial charge < -0.3 is 9.80 Å². The lowest BCUT2D eigenvalue weighted by atomic mass is 9.90. The van der Waals surface area contributed by atoms with Crippen molar-refractivity contribution in [2.45, 2.75) is 19.3 Å². The fourth-order valence-electron chi connectivity index (χ4n) is 4.25. The Morgan fingerprint density at radius 1 is 0.710 bits per heavy atom. The number of benzene rings is 3. The maximum absolute atomic E-state index is 13.7. The second-order valence-corrected chi connectivity index (χ2v) is 8.09. The minimum atomic E-state index is -0.332. The monoisotopic (exact) mass is 412 g/mol. The molecule has 4 rings (SSSR count). The number of hydrogen-bond acceptors (Lipinski definition) is 2. The molecule has 2 amide bonds. The van der Waals surface area contributed by atoms with Gasteiger partial charge in [0.15, 0.2) is 0 Å². The number of carbonyl (C=O) groups is 2. The summed E-state index contributed by atoms with van der Waals surface area (Å²) in [5.41, 5.74) is 3.78. The SMILES string of the molecule is Cc1cccc(C(=O)N2CCCN(C(=O)C(c3ccccc3)c3ccccc3)CC2)c1. The number of amides is 2. The molecule has 1 saturated heterocycles. The summed E-state index contributed by atoms with van der Waals surface area (Å²) in [6.07, 6.45) is 0.777. The van der Waals surface area contributed by atoms with E-state index in [9.17, 15) is 9.59 Å². The van der Waals surface area contributed by atoms with E-state index in [1.807, 2.05) is 102 Å². The van der Waals surface area contributed by atoms with Crippen molar-refractivity contribution in [3.05, 3.63) is 107 Å². The third kappa shape index (κ3) is 4.85. The molecular formula is C27H28N2O2. The van der Waals surface area contributed by atoms with Crippen LogP contribution in [0.5, 0.6) is 0 Å². The second-order valence-electron chi connectivity index (χ2n) is 8.09. The van der Waals surface area contributed by atoms with E-state index in [2.05, 4.69) is 0 Å². The summed E-state index contributed by atoms with van der Waals surface area (Å²) in [6.45, 7) is 4.42. The standard InChI is InChI=1S/C27H28N2O2/c1-21-10-8-15-24(20-21)26(30)28-16-9-17-29(19-18-28)27(31)25(22-11-4-2-5-12-22)23-13-6-3-7-14-23/h2-8,10-15,20,25H,9,16-19H2,1H3. The Labute approximate surface area is 184 Å². The molecule has 0 aromatic heterocycles. The molecule has 0 radical (unpaired) electrons. The zero-order valence-corrected chi connectivity index (χ0v) is 17.9. The largest absolute Gasteiger partial charge is 0.340 e. The Kier molecular flexibility index (Phi) is 6.46. The summed E-state index contributed by atoms with van der Waals surface area (Å²) in [7, 11) is 0. The lowest BCUT2D eigenvalue weighted by molar-refractivity contribution is -0.131. The second kappa shape index (κ2) is 9.61. The van der Waals surface area contributed by atoms with Crippen LogP contribution in [-0.4, -0.2) is 47.8 Å². The lowest BCUT2D eigenvalue weighted by Gasteiger charge is -2.27. The molecule has 1 fully saturated rings. The predicted octanol–water partition coefficient (Wildman–Crippen LogP) is 4.50. The van der Waals surface area contributed by atoms with Crippen LogP contribution in [0.1, 0.15) is 39.4 Å². The van der Waals surface area contributed by atoms with Gasteiger partial charge in [0.05, 0.1) is 5.92 Å². The summed E-state index contributed by atoms with van der Waals surface area (Å²) < 4.78 is 0. The molecule has 0 N–H and O–H groups in total. The average molecular weight is 413 g/mol. The smallest absolute Gasteiger partial charge is 0.253 e. The van der Waals surface area contributed by atoms with E-state index in [0.717, 1.165) is 23.1 Å². The fraction of sp³-hybridized carbons (Fsp3) is 0.259. The molecule has 31 heavy (non-hydrogen) atoms. The molecular weight excluding hydrogens is 384 g/mol. The molecule has 4 nitrogen and oxygen atoms in total. The number of aryl methyl sites for hydroxylation is 1. The van der Waals surface area contributed by atoms with Gasteiger partial charge >= 0.3 is 0 Å². The number of nitrogens with zero attached hydrogens (tertiary/aromatic N) is 2. The highest BCUT2D eigenvalue weighted by Crippen LogP contribution is 2.27. The van der Waals surface area contributed by atoms with E-state index in [4.69, 9.17) is 0 Å². The molecule has 1 aliphatic heterocycles. The van der Waals surface area contributed by atoms with E-state index >= 15 is 0 Å². The maximum atomic E-state index is 13.7. The fourth-order valence-corrected chi connectivity index (χ4v) is 4.25. The van der Waals surface area contributed by atoms with Gasteiger partial charge in [0.1, 0.15) is 0 Å². The molecule has 0 atom stereocenters. The van der Waals surface area contributed by atoms with Gasteiger partial charge in [0.2, 0.25) is 5.91 Å². The van der Waals surface area contributed by atoms with Crippen molar-refractivity contribution in [3.63, 3.8) is 0 Å². The quantitative estimate of drug-likeness (QED) is 0.633. The van der Waals surface area contributed by atoms with Crippen LogP contribution < -0.4 is 0 Å². The number of carbonyl (C=O) groups excluding carboxylic acids is 2. The third-order valence-corrected chi connectivity index (χ3v) is 5.87. The third-order valence-electron chi connectivity index (χ3n) is 5.87. The number of rotatable bonds is 4. The highest BCUT2D eigenvalue weighted by atomic mass is 16.2. The van der Waals surface area contributed by atoms with Crippen molar-refractivity contribution in [3.8, 4) is 0 Å². The molecule has 3 aromatic rings. The summed E-state index contributed by atoms with van der Waals surface area (Å²) in [4.78, 5) is 30.4. The first-order valence-corrected chi connectivity index (χ1v) is 10.9. The van der Waals surface area contributed by atoms with Crippen LogP contribution in [0.25, 0.3) is 0 Å². The molecule has 0 aliphatic carbocycles. The average Bonchev–Trinajstić information content (AvgIpc) is 3.06. The first kappa shape index (κ1) is 20.9. The Balaban J connectivity index is 1.52. The molecule has 158 valence electrons. The first-order valence-electron chi connectivity index (χ1n) is 10.9. The first-order chi connectivity index (χ1) is 15.1. The van der Waals surface area contributed by atoms with Crippen molar-refractivity contribution in [2.24, 2.45) is 0 Å². The molecule has 3 aromatic carbocycles. The van der Waals surface area contributed by atoms with Gasteiger partial charge in [-0.1, -0.05) is 78.4 Å². The molecule has 1 aliphatic rings. The highest BCUT2D eigenvalue weighted by molar-refractivity contribution is 5.94. The summed E-state index contributed by atoms with van der Waals surface area (Å²) in [5.74, 6) is -0.190. The summed E-state index contributed by atoms with van der Waals surface area (Å²) >= 11 is 0. The van der Waals surface area contributed by atoms with Gasteiger partial charge in [-0.3, -0.25) is 9.59 Å². The van der Waals surface area contributed by atoms with E-state index in [1.54, 1.807) is 0 Å². The van der Waals surface area contributed by atoms with Gasteiger partial charge in [-0.2, -0.15) is 0 Å². The van der Waals surface area contributed by atoms with E-state index in [0.29, 0.717) is 31.7 Å². The van der Waals surface area contributed by atoms with Crippen molar-refractivity contribution < 1.29 is 9.59 Å². The Bertz CT molecular complexity index is 994. The molecule has 0 bridgehead atoms. The van der Waals surface area contributed by atoms with Gasteiger partial charge in [0.25, 0.3) is 5.91 Å². The number of hydrogen-bond donors (Lipinski definition) is 0. The highest BCUT2D eigenvalue weighted by Gasteiger charge is 2.29. The molecule has 1 heterocycles. The van der Waals surface area contributed by atoms with Crippen LogP contribution >= 0.6 is 0 Å². The van der Waals surface area contributed by atoms with Crippen LogP contribution in [0.4, 0.5) is 0 Å². The van der Waals surface area contributed by atoms with Crippen LogP contribution in [0.3, 0.4) is 0 Å². The molecule has 0 saturated carbocycles. The van der Waals surface area contributed by atoms with Crippen molar-refractivity contribution in [1.29, 1.82) is 0 Å². The Morgan fingerprint density at radius 3 is 1.90 bits per heavy atom. The van der Waals surface area contributed by atoms with Crippen LogP contribution in [-0.2, 0) is 4.79 Å². The topological polar surface area (TPSA) is 40.6 Å². The van der Waals surface area contributed by atoms with E-state index in [1.165, 1.54) is 0 Å². The maximum Gasteiger partial charge on any atom is 0.253 e. The summed E-state index contributed by atoms with van der Waals surface area (Å²) in [6, 6.07) is 27.6. The van der Waals surface area contributed by atoms with Gasteiger partial charge in [-0.15, -0.1) is 0 Å². The van der Waals surface area contributed by atoms with Gasteiger partial charge in [-0.25, -0.2) is 0 Å². The van der Waals surface area contributed by atoms with Crippen molar-refractivity contribution in [2.75, 3.05) is 26.2 Å². The lowest BCUT2D eigenvalue weighted by Crippen LogP contribution is -2.39. The minimum Gasteiger partial charge on any atom is -0.340 e. The Hall–Kier alpha value is -3.40. The van der Waals surface area contributed by atoms with E-state index < -0.39 is 0 Å². The van der Waals surface area contributed by atoms with Gasteiger partial charge in [-0.05, 0) is 36.6 Å². The van der Waals surface area contributed by atoms with Crippen molar-refractivity contribution >= 4 is 11.8 Å². The molecule has 4 heteroatoms. The zero-order valence-electron chi connectivity index (χ0n) is 17.9. The summed E-state index contributed by atoms with van der Waals surface area (Å²) in [5, 5.41) is 0. The predicted molar refractivity (Wildman–Crippen MR) is 123 cm³/mol. The van der Waals surface area contributed by atoms with Crippen LogP contribution in [0.2, 0.25) is 0 Å². The Morgan fingerprint density at radius 2 is 1.29 bits per heavy atom. The van der Waals surface area contributed by atoms with Crippen molar-refractivity contribution in [1.82, 2.24) is 9.80 Å². The van der Waals surface area contributed by atoms with Crippen LogP contribution in [0, 0.1) is 6.92 Å².